The van der Waals surface area contributed by atoms with Crippen molar-refractivity contribution in [2.45, 2.75) is 25.8 Å². The smallest absolute Gasteiger partial charge is 0.289 e. The molecule has 1 aromatic carbocycles. The van der Waals surface area contributed by atoms with Gasteiger partial charge in [-0.3, -0.25) is 9.59 Å². The molecule has 0 bridgehead atoms. The fourth-order valence-electron chi connectivity index (χ4n) is 4.87. The predicted octanol–water partition coefficient (Wildman–Crippen LogP) is 2.44. The van der Waals surface area contributed by atoms with Crippen LogP contribution in [0, 0.1) is 11.8 Å². The summed E-state index contributed by atoms with van der Waals surface area (Å²) < 4.78 is 5.61. The van der Waals surface area contributed by atoms with Crippen LogP contribution in [0.25, 0.3) is 0 Å². The van der Waals surface area contributed by atoms with E-state index in [1.165, 1.54) is 0 Å². The molecule has 0 spiro atoms. The Bertz CT molecular complexity index is 892. The second kappa shape index (κ2) is 7.09. The third-order valence-corrected chi connectivity index (χ3v) is 6.50. The van der Waals surface area contributed by atoms with E-state index in [1.807, 2.05) is 35.2 Å². The van der Waals surface area contributed by atoms with Crippen molar-refractivity contribution < 1.29 is 14.0 Å². The van der Waals surface area contributed by atoms with Crippen molar-refractivity contribution in [1.82, 2.24) is 10.2 Å². The number of amides is 2. The largest absolute Gasteiger partial charge is 0.459 e. The number of rotatable bonds is 3. The van der Waals surface area contributed by atoms with E-state index in [2.05, 4.69) is 5.32 Å². The molecule has 146 valence electrons. The molecule has 0 saturated carbocycles. The van der Waals surface area contributed by atoms with E-state index >= 15 is 0 Å². The maximum atomic E-state index is 13.2. The van der Waals surface area contributed by atoms with E-state index in [0.29, 0.717) is 30.6 Å². The number of likely N-dealkylation sites (tertiary alicyclic amines) is 1. The van der Waals surface area contributed by atoms with Crippen molar-refractivity contribution in [3.8, 4) is 0 Å². The number of benzene rings is 1. The molecule has 3 aliphatic heterocycles. The fourth-order valence-corrected chi connectivity index (χ4v) is 4.87. The highest BCUT2D eigenvalue weighted by Crippen LogP contribution is 2.32. The molecule has 2 saturated heterocycles. The van der Waals surface area contributed by atoms with E-state index in [1.54, 1.807) is 11.2 Å². The van der Waals surface area contributed by atoms with Crippen LogP contribution in [0.15, 0.2) is 41.0 Å². The van der Waals surface area contributed by atoms with Crippen molar-refractivity contribution in [3.63, 3.8) is 0 Å². The monoisotopic (exact) mass is 379 g/mol. The van der Waals surface area contributed by atoms with Crippen LogP contribution in [-0.4, -0.2) is 42.9 Å². The summed E-state index contributed by atoms with van der Waals surface area (Å²) in [6.45, 7) is 4.04. The minimum Gasteiger partial charge on any atom is -0.459 e. The number of furan rings is 1. The van der Waals surface area contributed by atoms with E-state index in [-0.39, 0.29) is 11.8 Å². The quantitative estimate of drug-likeness (QED) is 0.890. The lowest BCUT2D eigenvalue weighted by atomic mass is 9.92. The lowest BCUT2D eigenvalue weighted by Gasteiger charge is -2.21. The zero-order chi connectivity index (χ0) is 19.1. The SMILES string of the molecule is O=C(c1occc1CN1C(=O)Cc2ccccc21)N1CC[C@@H]2CNC[C@@H]2CC1. The number of nitrogens with one attached hydrogen (secondary N) is 1. The molecule has 6 nitrogen and oxygen atoms in total. The molecule has 28 heavy (non-hydrogen) atoms. The number of carbonyl (C=O) groups is 2. The Morgan fingerprint density at radius 1 is 1.11 bits per heavy atom. The summed E-state index contributed by atoms with van der Waals surface area (Å²) in [4.78, 5) is 29.3. The van der Waals surface area contributed by atoms with Gasteiger partial charge in [0.15, 0.2) is 5.76 Å². The van der Waals surface area contributed by atoms with Gasteiger partial charge in [-0.05, 0) is 55.5 Å². The van der Waals surface area contributed by atoms with E-state index in [0.717, 1.165) is 55.8 Å². The van der Waals surface area contributed by atoms with Crippen LogP contribution in [0.5, 0.6) is 0 Å². The van der Waals surface area contributed by atoms with Crippen molar-refractivity contribution in [3.05, 3.63) is 53.5 Å². The summed E-state index contributed by atoms with van der Waals surface area (Å²) in [5, 5.41) is 3.47. The second-order valence-corrected chi connectivity index (χ2v) is 8.11. The standard InChI is InChI=1S/C22H25N3O3/c26-20-11-15-3-1-2-4-19(15)25(20)14-18-7-10-28-21(18)22(27)24-8-5-16-12-23-13-17(16)6-9-24/h1-4,7,10,16-17,23H,5-6,8-9,11-14H2/t16-,17+. The van der Waals surface area contributed by atoms with Crippen LogP contribution < -0.4 is 10.2 Å². The van der Waals surface area contributed by atoms with Crippen LogP contribution in [0.4, 0.5) is 5.69 Å². The minimum atomic E-state index is -0.0483. The van der Waals surface area contributed by atoms with Gasteiger partial charge in [0.25, 0.3) is 5.91 Å². The van der Waals surface area contributed by atoms with Gasteiger partial charge in [-0.15, -0.1) is 0 Å². The molecule has 1 N–H and O–H groups in total. The molecule has 0 aliphatic carbocycles. The maximum Gasteiger partial charge on any atom is 0.289 e. The molecular formula is C22H25N3O3. The van der Waals surface area contributed by atoms with Gasteiger partial charge in [0.1, 0.15) is 0 Å². The number of fused-ring (bicyclic) bond motifs is 2. The van der Waals surface area contributed by atoms with Gasteiger partial charge in [0.2, 0.25) is 5.91 Å². The normalized spacial score (nSPS) is 24.2. The summed E-state index contributed by atoms with van der Waals surface area (Å²) in [6, 6.07) is 9.65. The first kappa shape index (κ1) is 17.5. The van der Waals surface area contributed by atoms with Crippen LogP contribution in [0.3, 0.4) is 0 Å². The van der Waals surface area contributed by atoms with Crippen LogP contribution in [0.2, 0.25) is 0 Å². The van der Waals surface area contributed by atoms with Crippen LogP contribution in [0.1, 0.15) is 34.5 Å². The van der Waals surface area contributed by atoms with Crippen molar-refractivity contribution >= 4 is 17.5 Å². The molecule has 6 heteroatoms. The summed E-state index contributed by atoms with van der Waals surface area (Å²) in [5.41, 5.74) is 2.75. The molecule has 3 aliphatic rings. The first-order chi connectivity index (χ1) is 13.7. The average Bonchev–Trinajstić information content (AvgIpc) is 3.39. The second-order valence-electron chi connectivity index (χ2n) is 8.11. The third-order valence-electron chi connectivity index (χ3n) is 6.50. The Hall–Kier alpha value is -2.60. The topological polar surface area (TPSA) is 65.8 Å². The number of hydrogen-bond acceptors (Lipinski definition) is 4. The van der Waals surface area contributed by atoms with Gasteiger partial charge < -0.3 is 19.5 Å². The highest BCUT2D eigenvalue weighted by Gasteiger charge is 2.34. The molecule has 2 fully saturated rings. The zero-order valence-corrected chi connectivity index (χ0v) is 15.9. The molecule has 0 radical (unpaired) electrons. The number of nitrogens with zero attached hydrogens (tertiary/aromatic N) is 2. The van der Waals surface area contributed by atoms with E-state index in [9.17, 15) is 9.59 Å². The number of hydrogen-bond donors (Lipinski definition) is 1. The maximum absolute atomic E-state index is 13.2. The highest BCUT2D eigenvalue weighted by molar-refractivity contribution is 6.01. The first-order valence-electron chi connectivity index (χ1n) is 10.2. The fraction of sp³-hybridized carbons (Fsp3) is 0.455. The Morgan fingerprint density at radius 3 is 2.64 bits per heavy atom. The molecule has 0 unspecified atom stereocenters. The average molecular weight is 379 g/mol. The van der Waals surface area contributed by atoms with Crippen molar-refractivity contribution in [2.24, 2.45) is 11.8 Å². The molecule has 4 heterocycles. The number of carbonyl (C=O) groups excluding carboxylic acids is 2. The third kappa shape index (κ3) is 3.02. The Kier molecular flexibility index (Phi) is 4.43. The van der Waals surface area contributed by atoms with Gasteiger partial charge in [0, 0.05) is 24.3 Å². The first-order valence-corrected chi connectivity index (χ1v) is 10.2. The molecule has 2 aromatic rings. The zero-order valence-electron chi connectivity index (χ0n) is 15.9. The summed E-state index contributed by atoms with van der Waals surface area (Å²) >= 11 is 0. The van der Waals surface area contributed by atoms with E-state index < -0.39 is 0 Å². The molecule has 5 rings (SSSR count). The van der Waals surface area contributed by atoms with E-state index in [4.69, 9.17) is 4.42 Å². The highest BCUT2D eigenvalue weighted by atomic mass is 16.3. The minimum absolute atomic E-state index is 0.0483. The molecule has 2 atom stereocenters. The van der Waals surface area contributed by atoms with Crippen LogP contribution >= 0.6 is 0 Å². The van der Waals surface area contributed by atoms with Gasteiger partial charge >= 0.3 is 0 Å². The summed E-state index contributed by atoms with van der Waals surface area (Å²) in [5.74, 6) is 1.74. The predicted molar refractivity (Wildman–Crippen MR) is 105 cm³/mol. The Labute approximate surface area is 164 Å². The van der Waals surface area contributed by atoms with Gasteiger partial charge in [-0.1, -0.05) is 18.2 Å². The lowest BCUT2D eigenvalue weighted by molar-refractivity contribution is -0.117. The summed E-state index contributed by atoms with van der Waals surface area (Å²) in [6.07, 6.45) is 4.06. The Balaban J connectivity index is 1.33. The van der Waals surface area contributed by atoms with Crippen LogP contribution in [-0.2, 0) is 17.8 Å². The van der Waals surface area contributed by atoms with Gasteiger partial charge in [-0.25, -0.2) is 0 Å². The van der Waals surface area contributed by atoms with Crippen molar-refractivity contribution in [1.29, 1.82) is 0 Å². The van der Waals surface area contributed by atoms with Gasteiger partial charge in [0.05, 0.1) is 19.2 Å². The number of anilines is 1. The molecule has 2 amide bonds. The molecular weight excluding hydrogens is 354 g/mol. The number of para-hydroxylation sites is 1. The molecule has 1 aromatic heterocycles. The summed E-state index contributed by atoms with van der Waals surface area (Å²) in [7, 11) is 0. The Morgan fingerprint density at radius 2 is 1.86 bits per heavy atom. The van der Waals surface area contributed by atoms with Gasteiger partial charge in [-0.2, -0.15) is 0 Å². The van der Waals surface area contributed by atoms with Crippen molar-refractivity contribution in [2.75, 3.05) is 31.1 Å². The lowest BCUT2D eigenvalue weighted by Crippen LogP contribution is -2.34.